The number of carbonyl (C=O) groups is 4. The minimum atomic E-state index is -2.54. The molecule has 0 saturated carbocycles. The fraction of sp³-hybridized carbons (Fsp3) is 0.100. The van der Waals surface area contributed by atoms with Gasteiger partial charge in [0, 0.05) is 27.9 Å². The summed E-state index contributed by atoms with van der Waals surface area (Å²) in [6, 6.07) is 15.3. The van der Waals surface area contributed by atoms with Crippen molar-refractivity contribution in [3.63, 3.8) is 0 Å². The molecule has 0 spiro atoms. The van der Waals surface area contributed by atoms with Crippen molar-refractivity contribution in [1.29, 1.82) is 0 Å². The molecule has 4 heterocycles. The lowest BCUT2D eigenvalue weighted by molar-refractivity contribution is 0.0543. The summed E-state index contributed by atoms with van der Waals surface area (Å²) in [6.45, 7) is 1.73. The average molecular weight is 779 g/mol. The van der Waals surface area contributed by atoms with Crippen LogP contribution in [-0.2, 0) is 6.42 Å². The molecule has 9 rings (SSSR count). The summed E-state index contributed by atoms with van der Waals surface area (Å²) in [5.74, 6) is -16.1. The first-order chi connectivity index (χ1) is 27.1. The van der Waals surface area contributed by atoms with E-state index in [1.165, 1.54) is 24.3 Å². The van der Waals surface area contributed by atoms with Gasteiger partial charge in [-0.3, -0.25) is 43.3 Å². The maximum atomic E-state index is 14.7. The fourth-order valence-electron chi connectivity index (χ4n) is 7.75. The molecule has 0 N–H and O–H groups in total. The molecule has 1 atom stereocenters. The fourth-order valence-corrected chi connectivity index (χ4v) is 7.75. The SMILES string of the molecule is CC(CCc1ccccc1)N1C(=O)c2ccc3c4c(ccc(c24)C1=O)C(=O)N(n1c(=O)c2cc4c(=O)n(-c5c(F)c(F)c(F)c(F)c5F)c(=O)c4cc2c1=O)C3=O. The average Bonchev–Trinajstić information content (AvgIpc) is 3.59. The summed E-state index contributed by atoms with van der Waals surface area (Å²) in [5.41, 5.74) is -7.22. The zero-order valence-electron chi connectivity index (χ0n) is 28.8. The quantitative estimate of drug-likeness (QED) is 0.105. The first-order valence-corrected chi connectivity index (χ1v) is 17.0. The molecule has 2 aliphatic heterocycles. The Balaban J connectivity index is 1.13. The van der Waals surface area contributed by atoms with Gasteiger partial charge in [-0.15, -0.1) is 0 Å². The number of benzene rings is 5. The molecule has 7 aromatic rings. The number of aromatic nitrogens is 2. The number of rotatable bonds is 6. The van der Waals surface area contributed by atoms with E-state index in [0.29, 0.717) is 25.0 Å². The van der Waals surface area contributed by atoms with Crippen LogP contribution in [0.15, 0.2) is 85.9 Å². The van der Waals surface area contributed by atoms with Gasteiger partial charge >= 0.3 is 0 Å². The van der Waals surface area contributed by atoms with Crippen LogP contribution in [0.5, 0.6) is 0 Å². The lowest BCUT2D eigenvalue weighted by Crippen LogP contribution is -2.55. The highest BCUT2D eigenvalue weighted by Crippen LogP contribution is 2.38. The maximum absolute atomic E-state index is 14.7. The van der Waals surface area contributed by atoms with Crippen molar-refractivity contribution >= 4 is 55.9 Å². The molecule has 0 radical (unpaired) electrons. The molecule has 2 aliphatic rings. The highest BCUT2D eigenvalue weighted by molar-refractivity contribution is 6.37. The van der Waals surface area contributed by atoms with Gasteiger partial charge in [0.1, 0.15) is 5.69 Å². The number of imide groups is 2. The molecule has 4 amide bonds. The number of carbonyl (C=O) groups excluding carboxylic acids is 4. The summed E-state index contributed by atoms with van der Waals surface area (Å²) in [6.07, 6.45) is 1.01. The Morgan fingerprint density at radius 1 is 0.509 bits per heavy atom. The third kappa shape index (κ3) is 4.59. The second-order valence-corrected chi connectivity index (χ2v) is 13.6. The van der Waals surface area contributed by atoms with E-state index in [-0.39, 0.29) is 47.3 Å². The predicted octanol–water partition coefficient (Wildman–Crippen LogP) is 4.30. The number of nitrogens with zero attached hydrogens (tertiary/aromatic N) is 4. The molecular formula is C40H19F5N4O8. The number of halogens is 5. The van der Waals surface area contributed by atoms with E-state index in [2.05, 4.69) is 0 Å². The Bertz CT molecular complexity index is 3120. The molecule has 2 aromatic heterocycles. The molecular weight excluding hydrogens is 759 g/mol. The van der Waals surface area contributed by atoms with Crippen molar-refractivity contribution in [2.45, 2.75) is 25.8 Å². The Hall–Kier alpha value is -7.43. The summed E-state index contributed by atoms with van der Waals surface area (Å²) in [5, 5.41) is -2.61. The van der Waals surface area contributed by atoms with Crippen LogP contribution in [-0.4, -0.2) is 43.8 Å². The molecule has 1 unspecified atom stereocenters. The Labute approximate surface area is 312 Å². The van der Waals surface area contributed by atoms with Gasteiger partial charge in [-0.2, -0.15) is 9.69 Å². The standard InChI is InChI=1S/C40H19F5N4O8/c1-15(7-8-16-5-3-2-4-6-16)46-33(50)17-9-11-19-26-20(12-10-18(25(17)26)34(46)51)38(55)48(37(19)54)49-39(56)23-13-21-22(14-24(23)40(49)57)36(53)47(35(21)52)32-30(44)28(42)27(41)29(43)31(32)45/h2-6,9-15H,7-8H2,1H3. The lowest BCUT2D eigenvalue weighted by atomic mass is 9.85. The highest BCUT2D eigenvalue weighted by Gasteiger charge is 2.43. The Morgan fingerprint density at radius 3 is 1.37 bits per heavy atom. The molecule has 12 nitrogen and oxygen atoms in total. The topological polar surface area (TPSA) is 153 Å². The number of hydrogen-bond acceptors (Lipinski definition) is 8. The number of hydrogen-bond donors (Lipinski definition) is 0. The van der Waals surface area contributed by atoms with E-state index in [1.54, 1.807) is 6.92 Å². The maximum Gasteiger partial charge on any atom is 0.281 e. The number of aryl methyl sites for hydroxylation is 1. The van der Waals surface area contributed by atoms with Crippen molar-refractivity contribution in [3.05, 3.63) is 165 Å². The molecule has 0 fully saturated rings. The molecule has 282 valence electrons. The Kier molecular flexibility index (Phi) is 7.45. The van der Waals surface area contributed by atoms with Gasteiger partial charge in [-0.05, 0) is 61.7 Å². The molecule has 0 bridgehead atoms. The van der Waals surface area contributed by atoms with E-state index in [0.717, 1.165) is 10.5 Å². The molecule has 0 saturated heterocycles. The molecule has 57 heavy (non-hydrogen) atoms. The molecule has 5 aromatic carbocycles. The van der Waals surface area contributed by atoms with Crippen molar-refractivity contribution in [1.82, 2.24) is 14.1 Å². The third-order valence-electron chi connectivity index (χ3n) is 10.5. The first-order valence-electron chi connectivity index (χ1n) is 17.0. The van der Waals surface area contributed by atoms with Crippen molar-refractivity contribution in [3.8, 4) is 5.69 Å². The van der Waals surface area contributed by atoms with Crippen LogP contribution in [0, 0.1) is 29.1 Å². The second-order valence-electron chi connectivity index (χ2n) is 13.6. The van der Waals surface area contributed by atoms with Crippen LogP contribution in [0.25, 0.3) is 38.0 Å². The van der Waals surface area contributed by atoms with Gasteiger partial charge in [0.2, 0.25) is 5.82 Å². The van der Waals surface area contributed by atoms with Crippen LogP contribution in [0.3, 0.4) is 0 Å². The van der Waals surface area contributed by atoms with E-state index in [4.69, 9.17) is 0 Å². The van der Waals surface area contributed by atoms with Gasteiger partial charge in [-0.25, -0.2) is 26.5 Å². The monoisotopic (exact) mass is 778 g/mol. The smallest absolute Gasteiger partial charge is 0.272 e. The van der Waals surface area contributed by atoms with Crippen molar-refractivity contribution in [2.24, 2.45) is 0 Å². The first kappa shape index (κ1) is 35.3. The number of amides is 4. The third-order valence-corrected chi connectivity index (χ3v) is 10.5. The molecule has 0 aliphatic carbocycles. The summed E-state index contributed by atoms with van der Waals surface area (Å²) >= 11 is 0. The van der Waals surface area contributed by atoms with Crippen LogP contribution in [0.1, 0.15) is 60.3 Å². The van der Waals surface area contributed by atoms with Crippen LogP contribution in [0.2, 0.25) is 0 Å². The largest absolute Gasteiger partial charge is 0.281 e. The van der Waals surface area contributed by atoms with Gasteiger partial charge in [0.05, 0.1) is 32.7 Å². The Morgan fingerprint density at radius 2 is 0.912 bits per heavy atom. The van der Waals surface area contributed by atoms with Crippen LogP contribution >= 0.6 is 0 Å². The number of fused-ring (bicyclic) bond motifs is 2. The van der Waals surface area contributed by atoms with Crippen LogP contribution in [0.4, 0.5) is 22.0 Å². The van der Waals surface area contributed by atoms with Gasteiger partial charge in [0.15, 0.2) is 23.3 Å². The van der Waals surface area contributed by atoms with E-state index < -0.39 is 108 Å². The summed E-state index contributed by atoms with van der Waals surface area (Å²) in [7, 11) is 0. The zero-order chi connectivity index (χ0) is 40.5. The van der Waals surface area contributed by atoms with Crippen molar-refractivity contribution in [2.75, 3.05) is 5.01 Å². The minimum absolute atomic E-state index is 0.0296. The van der Waals surface area contributed by atoms with Gasteiger partial charge in [-0.1, -0.05) is 30.3 Å². The molecule has 17 heteroatoms. The highest BCUT2D eigenvalue weighted by atomic mass is 19.2. The van der Waals surface area contributed by atoms with Crippen molar-refractivity contribution < 1.29 is 41.1 Å². The summed E-state index contributed by atoms with van der Waals surface area (Å²) < 4.78 is 70.8. The second kappa shape index (κ2) is 12.0. The van der Waals surface area contributed by atoms with Crippen LogP contribution < -0.4 is 27.2 Å². The summed E-state index contributed by atoms with van der Waals surface area (Å²) in [4.78, 5) is 111. The van der Waals surface area contributed by atoms with E-state index in [1.807, 2.05) is 30.3 Å². The lowest BCUT2D eigenvalue weighted by Gasteiger charge is -2.34. The normalized spacial score (nSPS) is 14.6. The van der Waals surface area contributed by atoms with Gasteiger partial charge < -0.3 is 0 Å². The predicted molar refractivity (Wildman–Crippen MR) is 192 cm³/mol. The van der Waals surface area contributed by atoms with E-state index >= 15 is 0 Å². The minimum Gasteiger partial charge on any atom is -0.272 e. The zero-order valence-corrected chi connectivity index (χ0v) is 28.8. The van der Waals surface area contributed by atoms with Gasteiger partial charge in [0.25, 0.3) is 45.9 Å². The van der Waals surface area contributed by atoms with E-state index in [9.17, 15) is 60.3 Å².